The van der Waals surface area contributed by atoms with Gasteiger partial charge in [0.05, 0.1) is 28.8 Å². The first-order valence-corrected chi connectivity index (χ1v) is 7.93. The van der Waals surface area contributed by atoms with E-state index < -0.39 is 0 Å². The van der Waals surface area contributed by atoms with E-state index in [1.165, 1.54) is 12.8 Å². The predicted octanol–water partition coefficient (Wildman–Crippen LogP) is 3.79. The lowest BCUT2D eigenvalue weighted by molar-refractivity contribution is 0.284. The molecular weight excluding hydrogens is 294 g/mol. The van der Waals surface area contributed by atoms with Crippen LogP contribution in [0.3, 0.4) is 0 Å². The number of hydrogen-bond acceptors (Lipinski definition) is 4. The fourth-order valence-corrected chi connectivity index (χ4v) is 3.22. The Hall–Kier alpha value is -1.10. The van der Waals surface area contributed by atoms with Gasteiger partial charge in [0.15, 0.2) is 0 Å². The highest BCUT2D eigenvalue weighted by Crippen LogP contribution is 2.42. The van der Waals surface area contributed by atoms with Gasteiger partial charge in [-0.3, -0.25) is 0 Å². The zero-order chi connectivity index (χ0) is 13.9. The van der Waals surface area contributed by atoms with E-state index in [1.807, 2.05) is 24.3 Å². The number of benzene rings is 1. The average molecular weight is 310 g/mol. The van der Waals surface area contributed by atoms with Crippen molar-refractivity contribution in [2.75, 3.05) is 6.61 Å². The molecule has 0 aliphatic heterocycles. The molecule has 106 valence electrons. The molecule has 0 amide bonds. The minimum absolute atomic E-state index is 0.0988. The van der Waals surface area contributed by atoms with Gasteiger partial charge >= 0.3 is 0 Å². The van der Waals surface area contributed by atoms with Crippen molar-refractivity contribution in [3.63, 3.8) is 0 Å². The number of hydrogen-bond donors (Lipinski definition) is 1. The van der Waals surface area contributed by atoms with Crippen LogP contribution in [0.2, 0.25) is 5.02 Å². The lowest BCUT2D eigenvalue weighted by Crippen LogP contribution is -2.01. The largest absolute Gasteiger partial charge is 0.493 e. The summed E-state index contributed by atoms with van der Waals surface area (Å²) in [5.74, 6) is 1.40. The van der Waals surface area contributed by atoms with E-state index in [4.69, 9.17) is 16.3 Å². The molecule has 1 aromatic carbocycles. The van der Waals surface area contributed by atoms with Crippen LogP contribution in [0.4, 0.5) is 0 Å². The molecule has 1 aliphatic rings. The molecule has 0 unspecified atom stereocenters. The molecule has 0 spiro atoms. The predicted molar refractivity (Wildman–Crippen MR) is 80.7 cm³/mol. The summed E-state index contributed by atoms with van der Waals surface area (Å²) < 4.78 is 5.67. The van der Waals surface area contributed by atoms with Crippen LogP contribution < -0.4 is 4.74 Å². The third-order valence-corrected chi connectivity index (χ3v) is 4.65. The summed E-state index contributed by atoms with van der Waals surface area (Å²) in [7, 11) is 0. The Morgan fingerprint density at radius 1 is 1.30 bits per heavy atom. The number of aliphatic hydroxyl groups excluding tert-OH is 1. The van der Waals surface area contributed by atoms with Gasteiger partial charge in [-0.2, -0.15) is 0 Å². The minimum atomic E-state index is 0.0988. The monoisotopic (exact) mass is 309 g/mol. The smallest absolute Gasteiger partial charge is 0.119 e. The first-order chi connectivity index (χ1) is 9.76. The van der Waals surface area contributed by atoms with E-state index >= 15 is 0 Å². The van der Waals surface area contributed by atoms with E-state index in [-0.39, 0.29) is 6.61 Å². The Bertz CT molecular complexity index is 578. The van der Waals surface area contributed by atoms with Crippen LogP contribution in [0, 0.1) is 0 Å². The molecule has 1 N–H and O–H groups in total. The Morgan fingerprint density at radius 3 is 2.70 bits per heavy atom. The SMILES string of the molecule is OCc1sc(CCOc2ccc(Cl)cc2)nc1C1CC1. The molecule has 3 rings (SSSR count). The number of rotatable bonds is 6. The van der Waals surface area contributed by atoms with E-state index in [0.29, 0.717) is 17.5 Å². The van der Waals surface area contributed by atoms with Gasteiger partial charge < -0.3 is 9.84 Å². The second kappa shape index (κ2) is 6.12. The van der Waals surface area contributed by atoms with Gasteiger partial charge in [-0.25, -0.2) is 4.98 Å². The third kappa shape index (κ3) is 3.32. The number of aromatic nitrogens is 1. The summed E-state index contributed by atoms with van der Waals surface area (Å²) in [4.78, 5) is 5.67. The maximum absolute atomic E-state index is 9.36. The van der Waals surface area contributed by atoms with Gasteiger partial charge in [0.1, 0.15) is 5.75 Å². The minimum Gasteiger partial charge on any atom is -0.493 e. The lowest BCUT2D eigenvalue weighted by Gasteiger charge is -2.04. The summed E-state index contributed by atoms with van der Waals surface area (Å²) in [5.41, 5.74) is 1.11. The second-order valence-electron chi connectivity index (χ2n) is 4.90. The quantitative estimate of drug-likeness (QED) is 0.883. The molecule has 1 saturated carbocycles. The topological polar surface area (TPSA) is 42.4 Å². The highest BCUT2D eigenvalue weighted by molar-refractivity contribution is 7.11. The highest BCUT2D eigenvalue weighted by Gasteiger charge is 2.29. The summed E-state index contributed by atoms with van der Waals surface area (Å²) in [5, 5.41) is 11.1. The van der Waals surface area contributed by atoms with Crippen LogP contribution in [0.25, 0.3) is 0 Å². The lowest BCUT2D eigenvalue weighted by atomic mass is 10.2. The van der Waals surface area contributed by atoms with Crippen molar-refractivity contribution in [3.8, 4) is 5.75 Å². The number of ether oxygens (including phenoxy) is 1. The molecule has 3 nitrogen and oxygen atoms in total. The first kappa shape index (κ1) is 13.9. The molecule has 0 bridgehead atoms. The van der Waals surface area contributed by atoms with Crippen LogP contribution in [-0.2, 0) is 13.0 Å². The second-order valence-corrected chi connectivity index (χ2v) is 6.51. The summed E-state index contributed by atoms with van der Waals surface area (Å²) >= 11 is 7.43. The van der Waals surface area contributed by atoms with Gasteiger partial charge in [-0.15, -0.1) is 11.3 Å². The zero-order valence-electron chi connectivity index (χ0n) is 11.0. The van der Waals surface area contributed by atoms with Crippen molar-refractivity contribution in [2.45, 2.75) is 31.8 Å². The Balaban J connectivity index is 1.56. The van der Waals surface area contributed by atoms with Gasteiger partial charge in [0.25, 0.3) is 0 Å². The summed E-state index contributed by atoms with van der Waals surface area (Å²) in [6, 6.07) is 7.35. The van der Waals surface area contributed by atoms with Crippen molar-refractivity contribution in [1.29, 1.82) is 0 Å². The molecule has 0 radical (unpaired) electrons. The average Bonchev–Trinajstić information content (AvgIpc) is 3.22. The number of halogens is 1. The van der Waals surface area contributed by atoms with Crippen molar-refractivity contribution in [1.82, 2.24) is 4.98 Å². The summed E-state index contributed by atoms with van der Waals surface area (Å²) in [6.45, 7) is 0.686. The van der Waals surface area contributed by atoms with E-state index in [0.717, 1.165) is 27.7 Å². The van der Waals surface area contributed by atoms with E-state index in [9.17, 15) is 5.11 Å². The number of thiazole rings is 1. The van der Waals surface area contributed by atoms with Crippen LogP contribution >= 0.6 is 22.9 Å². The van der Waals surface area contributed by atoms with Crippen molar-refractivity contribution in [2.24, 2.45) is 0 Å². The highest BCUT2D eigenvalue weighted by atomic mass is 35.5. The van der Waals surface area contributed by atoms with Crippen LogP contribution in [0.1, 0.15) is 34.3 Å². The molecule has 0 saturated heterocycles. The van der Waals surface area contributed by atoms with Gasteiger partial charge in [0, 0.05) is 17.4 Å². The maximum atomic E-state index is 9.36. The Kier molecular flexibility index (Phi) is 4.24. The maximum Gasteiger partial charge on any atom is 0.119 e. The van der Waals surface area contributed by atoms with Crippen LogP contribution in [0.5, 0.6) is 5.75 Å². The van der Waals surface area contributed by atoms with E-state index in [2.05, 4.69) is 4.98 Å². The molecular formula is C15H16ClNO2S. The molecule has 1 fully saturated rings. The fraction of sp³-hybridized carbons (Fsp3) is 0.400. The van der Waals surface area contributed by atoms with Crippen LogP contribution in [0.15, 0.2) is 24.3 Å². The summed E-state index contributed by atoms with van der Waals surface area (Å²) in [6.07, 6.45) is 3.18. The normalized spacial score (nSPS) is 14.5. The van der Waals surface area contributed by atoms with Crippen molar-refractivity contribution < 1.29 is 9.84 Å². The third-order valence-electron chi connectivity index (χ3n) is 3.28. The standard InChI is InChI=1S/C15H16ClNO2S/c16-11-3-5-12(6-4-11)19-8-7-14-17-15(10-1-2-10)13(9-18)20-14/h3-6,10,18H,1-2,7-9H2. The Labute approximate surface area is 127 Å². The van der Waals surface area contributed by atoms with Crippen LogP contribution in [-0.4, -0.2) is 16.7 Å². The molecule has 1 aromatic heterocycles. The molecule has 1 aliphatic carbocycles. The molecule has 0 atom stereocenters. The van der Waals surface area contributed by atoms with Crippen molar-refractivity contribution >= 4 is 22.9 Å². The van der Waals surface area contributed by atoms with Gasteiger partial charge in [-0.05, 0) is 37.1 Å². The molecule has 20 heavy (non-hydrogen) atoms. The van der Waals surface area contributed by atoms with Gasteiger partial charge in [-0.1, -0.05) is 11.6 Å². The van der Waals surface area contributed by atoms with E-state index in [1.54, 1.807) is 11.3 Å². The fourth-order valence-electron chi connectivity index (χ4n) is 2.10. The van der Waals surface area contributed by atoms with Gasteiger partial charge in [0.2, 0.25) is 0 Å². The Morgan fingerprint density at radius 2 is 2.05 bits per heavy atom. The molecule has 2 aromatic rings. The van der Waals surface area contributed by atoms with Crippen molar-refractivity contribution in [3.05, 3.63) is 44.9 Å². The first-order valence-electron chi connectivity index (χ1n) is 6.74. The molecule has 1 heterocycles. The number of nitrogens with zero attached hydrogens (tertiary/aromatic N) is 1. The molecule has 5 heteroatoms. The number of aliphatic hydroxyl groups is 1. The zero-order valence-corrected chi connectivity index (χ0v) is 12.6.